The first-order chi connectivity index (χ1) is 12.5. The van der Waals surface area contributed by atoms with Crippen LogP contribution >= 0.6 is 0 Å². The van der Waals surface area contributed by atoms with E-state index in [0.717, 1.165) is 22.3 Å². The molecule has 2 bridgehead atoms. The second kappa shape index (κ2) is 5.13. The highest BCUT2D eigenvalue weighted by atomic mass is 16.2. The number of carbonyl (C=O) groups excluding carboxylic acids is 3. The molecule has 0 spiro atoms. The fourth-order valence-electron chi connectivity index (χ4n) is 5.16. The van der Waals surface area contributed by atoms with E-state index in [9.17, 15) is 14.4 Å². The molecule has 0 unspecified atom stereocenters. The predicted molar refractivity (Wildman–Crippen MR) is 96.9 cm³/mol. The maximum Gasteiger partial charge on any atom is 0.238 e. The number of anilines is 1. The largest absolute Gasteiger partial charge is 0.299 e. The third-order valence-electron chi connectivity index (χ3n) is 6.29. The summed E-state index contributed by atoms with van der Waals surface area (Å²) in [6.45, 7) is 3.86. The molecule has 3 aliphatic carbocycles. The molecule has 26 heavy (non-hydrogen) atoms. The number of hydrogen-bond donors (Lipinski definition) is 0. The van der Waals surface area contributed by atoms with Gasteiger partial charge in [0.25, 0.3) is 0 Å². The number of rotatable bonds is 1. The molecule has 2 aromatic rings. The maximum atomic E-state index is 13.3. The smallest absolute Gasteiger partial charge is 0.238 e. The van der Waals surface area contributed by atoms with Crippen LogP contribution in [0.1, 0.15) is 40.5 Å². The van der Waals surface area contributed by atoms with E-state index in [1.54, 1.807) is 0 Å². The molecule has 0 aromatic heterocycles. The van der Waals surface area contributed by atoms with Gasteiger partial charge in [0.15, 0.2) is 0 Å². The standard InChI is InChI=1S/C22H19NO3/c1-11-7-8-12(2)16(9-11)23-21(25)19-15-10-17(24)18(20(19)22(23)26)14-6-4-3-5-13(14)15/h3-9,15,18-20H,10H2,1-2H3/t15-,18-,19+,20-/m0/s1. The monoisotopic (exact) mass is 345 g/mol. The van der Waals surface area contributed by atoms with Gasteiger partial charge in [-0.3, -0.25) is 14.4 Å². The number of nitrogens with zero attached hydrogens (tertiary/aromatic N) is 1. The average Bonchev–Trinajstić information content (AvgIpc) is 2.89. The highest BCUT2D eigenvalue weighted by Gasteiger charge is 2.62. The molecule has 4 nitrogen and oxygen atoms in total. The van der Waals surface area contributed by atoms with Crippen LogP contribution in [-0.4, -0.2) is 17.6 Å². The fraction of sp³-hybridized carbons (Fsp3) is 0.318. The van der Waals surface area contributed by atoms with Crippen LogP contribution in [0.25, 0.3) is 0 Å². The van der Waals surface area contributed by atoms with E-state index >= 15 is 0 Å². The Kier molecular flexibility index (Phi) is 3.06. The average molecular weight is 345 g/mol. The van der Waals surface area contributed by atoms with E-state index in [1.165, 1.54) is 4.90 Å². The second-order valence-electron chi connectivity index (χ2n) is 7.74. The Hall–Kier alpha value is -2.75. The first-order valence-electron chi connectivity index (χ1n) is 9.05. The van der Waals surface area contributed by atoms with Crippen molar-refractivity contribution in [1.82, 2.24) is 0 Å². The number of Topliss-reactive ketones (excluding diaryl/α,β-unsaturated/α-hetero) is 1. The van der Waals surface area contributed by atoms with Gasteiger partial charge in [0.2, 0.25) is 11.8 Å². The van der Waals surface area contributed by atoms with Crippen LogP contribution in [0, 0.1) is 25.7 Å². The van der Waals surface area contributed by atoms with Gasteiger partial charge >= 0.3 is 0 Å². The minimum absolute atomic E-state index is 0.0962. The Balaban J connectivity index is 1.68. The molecule has 4 heteroatoms. The molecule has 1 saturated heterocycles. The first-order valence-corrected chi connectivity index (χ1v) is 9.05. The van der Waals surface area contributed by atoms with Crippen LogP contribution in [0.3, 0.4) is 0 Å². The van der Waals surface area contributed by atoms with Gasteiger partial charge in [0.1, 0.15) is 5.78 Å². The Morgan fingerprint density at radius 1 is 0.885 bits per heavy atom. The van der Waals surface area contributed by atoms with E-state index in [4.69, 9.17) is 0 Å². The minimum atomic E-state index is -0.552. The van der Waals surface area contributed by atoms with Gasteiger partial charge in [-0.05, 0) is 42.2 Å². The van der Waals surface area contributed by atoms with Crippen molar-refractivity contribution in [3.63, 3.8) is 0 Å². The molecule has 1 heterocycles. The molecule has 1 aliphatic heterocycles. The minimum Gasteiger partial charge on any atom is -0.299 e. The summed E-state index contributed by atoms with van der Waals surface area (Å²) in [5.74, 6) is -1.90. The second-order valence-corrected chi connectivity index (χ2v) is 7.74. The van der Waals surface area contributed by atoms with E-state index in [0.29, 0.717) is 12.1 Å². The van der Waals surface area contributed by atoms with Crippen molar-refractivity contribution in [1.29, 1.82) is 0 Å². The molecule has 130 valence electrons. The van der Waals surface area contributed by atoms with Gasteiger partial charge in [0.05, 0.1) is 23.4 Å². The normalized spacial score (nSPS) is 29.2. The van der Waals surface area contributed by atoms with Crippen molar-refractivity contribution < 1.29 is 14.4 Å². The SMILES string of the molecule is Cc1ccc(C)c(N2C(=O)[C@@H]3[C@H](C2=O)[C@H]2CC(=O)[C@@H]3c3ccccc32)c1. The lowest BCUT2D eigenvalue weighted by Gasteiger charge is -2.43. The van der Waals surface area contributed by atoms with Gasteiger partial charge in [-0.15, -0.1) is 0 Å². The number of hydrogen-bond acceptors (Lipinski definition) is 3. The highest BCUT2D eigenvalue weighted by Crippen LogP contribution is 2.57. The van der Waals surface area contributed by atoms with Gasteiger partial charge < -0.3 is 0 Å². The summed E-state index contributed by atoms with van der Waals surface area (Å²) in [4.78, 5) is 40.7. The molecule has 1 saturated carbocycles. The molecular formula is C22H19NO3. The Labute approximate surface area is 151 Å². The molecule has 0 N–H and O–H groups in total. The van der Waals surface area contributed by atoms with Crippen LogP contribution in [0.15, 0.2) is 42.5 Å². The number of aryl methyl sites for hydroxylation is 2. The van der Waals surface area contributed by atoms with Gasteiger partial charge in [-0.2, -0.15) is 0 Å². The van der Waals surface area contributed by atoms with Crippen LogP contribution in [0.4, 0.5) is 5.69 Å². The van der Waals surface area contributed by atoms with Gasteiger partial charge in [-0.25, -0.2) is 4.90 Å². The Bertz CT molecular complexity index is 993. The molecule has 0 radical (unpaired) electrons. The number of amides is 2. The first kappa shape index (κ1) is 15.5. The van der Waals surface area contributed by atoms with Crippen molar-refractivity contribution >= 4 is 23.3 Å². The summed E-state index contributed by atoms with van der Waals surface area (Å²) in [5.41, 5.74) is 4.57. The molecule has 2 amide bonds. The lowest BCUT2D eigenvalue weighted by Crippen LogP contribution is -2.44. The summed E-state index contributed by atoms with van der Waals surface area (Å²) in [5, 5.41) is 0. The molecule has 2 aromatic carbocycles. The van der Waals surface area contributed by atoms with Crippen LogP contribution in [0.5, 0.6) is 0 Å². The van der Waals surface area contributed by atoms with E-state index in [2.05, 4.69) is 0 Å². The van der Waals surface area contributed by atoms with Gasteiger partial charge in [-0.1, -0.05) is 36.4 Å². The lowest BCUT2D eigenvalue weighted by molar-refractivity contribution is -0.134. The molecular weight excluding hydrogens is 326 g/mol. The third-order valence-corrected chi connectivity index (χ3v) is 6.29. The number of benzene rings is 2. The van der Waals surface area contributed by atoms with Gasteiger partial charge in [0, 0.05) is 12.3 Å². The lowest BCUT2D eigenvalue weighted by atomic mass is 9.56. The maximum absolute atomic E-state index is 13.3. The quantitative estimate of drug-likeness (QED) is 0.746. The van der Waals surface area contributed by atoms with Crippen molar-refractivity contribution in [2.75, 3.05) is 4.90 Å². The predicted octanol–water partition coefficient (Wildman–Crippen LogP) is 3.26. The van der Waals surface area contributed by atoms with E-state index < -0.39 is 17.8 Å². The topological polar surface area (TPSA) is 54.5 Å². The highest BCUT2D eigenvalue weighted by molar-refractivity contribution is 6.25. The Morgan fingerprint density at radius 2 is 1.58 bits per heavy atom. The van der Waals surface area contributed by atoms with Crippen LogP contribution in [0.2, 0.25) is 0 Å². The molecule has 4 aliphatic rings. The molecule has 4 atom stereocenters. The van der Waals surface area contributed by atoms with Crippen LogP contribution in [-0.2, 0) is 14.4 Å². The van der Waals surface area contributed by atoms with E-state index in [1.807, 2.05) is 56.3 Å². The zero-order chi connectivity index (χ0) is 18.2. The molecule has 6 rings (SSSR count). The zero-order valence-electron chi connectivity index (χ0n) is 14.7. The number of fused-ring (bicyclic) bond motifs is 1. The number of imide groups is 1. The summed E-state index contributed by atoms with van der Waals surface area (Å²) >= 11 is 0. The summed E-state index contributed by atoms with van der Waals surface area (Å²) in [7, 11) is 0. The van der Waals surface area contributed by atoms with Crippen molar-refractivity contribution in [2.45, 2.75) is 32.1 Å². The number of carbonyl (C=O) groups is 3. The Morgan fingerprint density at radius 3 is 2.35 bits per heavy atom. The fourth-order valence-corrected chi connectivity index (χ4v) is 5.16. The van der Waals surface area contributed by atoms with Crippen molar-refractivity contribution in [2.24, 2.45) is 11.8 Å². The summed E-state index contributed by atoms with van der Waals surface area (Å²) in [6, 6.07) is 13.6. The van der Waals surface area contributed by atoms with Crippen molar-refractivity contribution in [3.8, 4) is 0 Å². The summed E-state index contributed by atoms with van der Waals surface area (Å²) in [6.07, 6.45) is 0.364. The molecule has 2 fully saturated rings. The zero-order valence-corrected chi connectivity index (χ0v) is 14.7. The van der Waals surface area contributed by atoms with E-state index in [-0.39, 0.29) is 23.5 Å². The summed E-state index contributed by atoms with van der Waals surface area (Å²) < 4.78 is 0. The van der Waals surface area contributed by atoms with Crippen molar-refractivity contribution in [3.05, 3.63) is 64.7 Å². The van der Waals surface area contributed by atoms with Crippen LogP contribution < -0.4 is 4.90 Å². The number of ketones is 1. The third kappa shape index (κ3) is 1.82.